The summed E-state index contributed by atoms with van der Waals surface area (Å²) in [5, 5.41) is 3.37. The van der Waals surface area contributed by atoms with E-state index in [4.69, 9.17) is 4.74 Å². The van der Waals surface area contributed by atoms with Crippen molar-refractivity contribution in [1.82, 2.24) is 5.32 Å². The Labute approximate surface area is 83.5 Å². The third kappa shape index (κ3) is 0.991. The van der Waals surface area contributed by atoms with Gasteiger partial charge in [-0.25, -0.2) is 4.39 Å². The second kappa shape index (κ2) is 2.72. The molecule has 0 aromatic rings. The molecule has 1 N–H and O–H groups in total. The Morgan fingerprint density at radius 3 is 3.00 bits per heavy atom. The van der Waals surface area contributed by atoms with E-state index in [1.807, 2.05) is 0 Å². The van der Waals surface area contributed by atoms with Gasteiger partial charge < -0.3 is 10.1 Å². The molecule has 2 bridgehead atoms. The summed E-state index contributed by atoms with van der Waals surface area (Å²) in [5.41, 5.74) is -0.283. The summed E-state index contributed by atoms with van der Waals surface area (Å²) in [6, 6.07) is 0.413. The van der Waals surface area contributed by atoms with Crippen molar-refractivity contribution in [3.05, 3.63) is 11.8 Å². The average molecular weight is 197 g/mol. The molecular weight excluding hydrogens is 181 g/mol. The molecule has 14 heavy (non-hydrogen) atoms. The van der Waals surface area contributed by atoms with Crippen LogP contribution in [-0.4, -0.2) is 24.9 Å². The van der Waals surface area contributed by atoms with Crippen molar-refractivity contribution in [3.8, 4) is 0 Å². The highest BCUT2D eigenvalue weighted by molar-refractivity contribution is 5.24. The third-order valence-corrected chi connectivity index (χ3v) is 4.11. The lowest BCUT2D eigenvalue weighted by molar-refractivity contribution is 0.0395. The van der Waals surface area contributed by atoms with Gasteiger partial charge in [-0.05, 0) is 25.8 Å². The number of hydrogen-bond acceptors (Lipinski definition) is 2. The molecule has 78 valence electrons. The summed E-state index contributed by atoms with van der Waals surface area (Å²) < 4.78 is 19.7. The predicted molar refractivity (Wildman–Crippen MR) is 51.6 cm³/mol. The molecule has 2 nitrogen and oxygen atoms in total. The molecular formula is C11H16FNO. The van der Waals surface area contributed by atoms with Gasteiger partial charge in [0.15, 0.2) is 0 Å². The number of alkyl halides is 1. The minimum Gasteiger partial charge on any atom is -0.501 e. The minimum atomic E-state index is -1.15. The van der Waals surface area contributed by atoms with Gasteiger partial charge in [-0.2, -0.15) is 0 Å². The van der Waals surface area contributed by atoms with Gasteiger partial charge in [0.25, 0.3) is 0 Å². The molecule has 2 saturated heterocycles. The maximum atomic E-state index is 14.6. The van der Waals surface area contributed by atoms with Gasteiger partial charge in [0, 0.05) is 24.0 Å². The molecule has 0 radical (unpaired) electrons. The Kier molecular flexibility index (Phi) is 1.69. The third-order valence-electron chi connectivity index (χ3n) is 4.11. The average Bonchev–Trinajstić information content (AvgIpc) is 2.81. The zero-order valence-electron chi connectivity index (χ0n) is 8.42. The van der Waals surface area contributed by atoms with E-state index in [0.29, 0.717) is 18.6 Å². The molecule has 3 fully saturated rings. The topological polar surface area (TPSA) is 21.3 Å². The van der Waals surface area contributed by atoms with Crippen molar-refractivity contribution in [2.45, 2.75) is 31.5 Å². The van der Waals surface area contributed by atoms with Gasteiger partial charge in [-0.1, -0.05) is 0 Å². The number of hydrogen-bond donors (Lipinski definition) is 1. The number of halogens is 1. The molecule has 0 amide bonds. The lowest BCUT2D eigenvalue weighted by Gasteiger charge is -2.43. The van der Waals surface area contributed by atoms with E-state index in [0.717, 1.165) is 25.0 Å². The summed E-state index contributed by atoms with van der Waals surface area (Å²) in [6.45, 7) is 3.39. The van der Waals surface area contributed by atoms with Crippen LogP contribution < -0.4 is 5.32 Å². The van der Waals surface area contributed by atoms with Crippen molar-refractivity contribution in [3.63, 3.8) is 0 Å². The Bertz CT molecular complexity index is 273. The Morgan fingerprint density at radius 1 is 1.64 bits per heavy atom. The molecule has 3 aliphatic heterocycles. The largest absolute Gasteiger partial charge is 0.501 e. The van der Waals surface area contributed by atoms with Gasteiger partial charge >= 0.3 is 0 Å². The monoisotopic (exact) mass is 197 g/mol. The first-order chi connectivity index (χ1) is 6.69. The van der Waals surface area contributed by atoms with Crippen LogP contribution in [0.3, 0.4) is 0 Å². The van der Waals surface area contributed by atoms with Crippen LogP contribution in [0.15, 0.2) is 11.8 Å². The van der Waals surface area contributed by atoms with Gasteiger partial charge in [0.1, 0.15) is 5.67 Å². The van der Waals surface area contributed by atoms with E-state index in [1.165, 1.54) is 0 Å². The SMILES string of the molecule is CC(F)(C1=COCC1)C1C2CNC1C2. The van der Waals surface area contributed by atoms with Crippen LogP contribution in [-0.2, 0) is 4.74 Å². The first-order valence-electron chi connectivity index (χ1n) is 5.43. The second-order valence-electron chi connectivity index (χ2n) is 4.88. The van der Waals surface area contributed by atoms with Crippen molar-refractivity contribution >= 4 is 0 Å². The summed E-state index contributed by atoms with van der Waals surface area (Å²) >= 11 is 0. The number of ether oxygens (including phenoxy) is 1. The Hall–Kier alpha value is -0.570. The highest BCUT2D eigenvalue weighted by atomic mass is 19.1. The zero-order chi connectivity index (χ0) is 9.76. The molecule has 4 rings (SSSR count). The number of nitrogens with one attached hydrogen (secondary N) is 1. The fraction of sp³-hybridized carbons (Fsp3) is 0.818. The van der Waals surface area contributed by atoms with Crippen LogP contribution in [0.4, 0.5) is 4.39 Å². The summed E-state index contributed by atoms with van der Waals surface area (Å²) in [6.07, 6.45) is 3.57. The molecule has 0 aromatic heterocycles. The quantitative estimate of drug-likeness (QED) is 0.726. The lowest BCUT2D eigenvalue weighted by Crippen LogP contribution is -2.50. The van der Waals surface area contributed by atoms with Crippen LogP contribution in [0.5, 0.6) is 0 Å². The molecule has 3 heterocycles. The lowest BCUT2D eigenvalue weighted by atomic mass is 9.64. The standard InChI is InChI=1S/C11H16FNO/c1-11(12,8-2-3-14-6-8)10-7-4-9(10)13-5-7/h6-7,9-10,13H,2-5H2,1H3. The smallest absolute Gasteiger partial charge is 0.137 e. The van der Waals surface area contributed by atoms with Crippen LogP contribution in [0.2, 0.25) is 0 Å². The molecule has 4 aliphatic rings. The zero-order valence-corrected chi connectivity index (χ0v) is 8.42. The van der Waals surface area contributed by atoms with Crippen molar-refractivity contribution in [2.24, 2.45) is 11.8 Å². The van der Waals surface area contributed by atoms with Gasteiger partial charge in [0.2, 0.25) is 0 Å². The van der Waals surface area contributed by atoms with Gasteiger partial charge in [-0.15, -0.1) is 0 Å². The molecule has 1 saturated carbocycles. The maximum Gasteiger partial charge on any atom is 0.137 e. The van der Waals surface area contributed by atoms with Crippen LogP contribution in [0, 0.1) is 11.8 Å². The predicted octanol–water partition coefficient (Wildman–Crippen LogP) is 1.63. The molecule has 4 atom stereocenters. The number of fused-ring (bicyclic) bond motifs is 1. The summed E-state index contributed by atoms with van der Waals surface area (Å²) in [5.74, 6) is 0.743. The highest BCUT2D eigenvalue weighted by Gasteiger charge is 2.57. The van der Waals surface area contributed by atoms with E-state index in [9.17, 15) is 4.39 Å². The molecule has 1 aliphatic carbocycles. The molecule has 0 aromatic carbocycles. The Morgan fingerprint density at radius 2 is 2.50 bits per heavy atom. The van der Waals surface area contributed by atoms with Crippen LogP contribution in [0.1, 0.15) is 19.8 Å². The second-order valence-corrected chi connectivity index (χ2v) is 4.88. The number of rotatable bonds is 2. The van der Waals surface area contributed by atoms with E-state index in [-0.39, 0.29) is 5.92 Å². The van der Waals surface area contributed by atoms with E-state index in [2.05, 4.69) is 5.32 Å². The molecule has 3 heteroatoms. The van der Waals surface area contributed by atoms with E-state index >= 15 is 0 Å². The fourth-order valence-electron chi connectivity index (χ4n) is 3.26. The Balaban J connectivity index is 1.82. The van der Waals surface area contributed by atoms with Crippen LogP contribution in [0.25, 0.3) is 0 Å². The van der Waals surface area contributed by atoms with Crippen molar-refractivity contribution in [1.29, 1.82) is 0 Å². The first-order valence-corrected chi connectivity index (χ1v) is 5.43. The van der Waals surface area contributed by atoms with Crippen molar-refractivity contribution in [2.75, 3.05) is 13.2 Å². The summed E-state index contributed by atoms with van der Waals surface area (Å²) in [4.78, 5) is 0. The summed E-state index contributed by atoms with van der Waals surface area (Å²) in [7, 11) is 0. The van der Waals surface area contributed by atoms with Gasteiger partial charge in [-0.3, -0.25) is 0 Å². The molecule has 0 spiro atoms. The van der Waals surface area contributed by atoms with E-state index in [1.54, 1.807) is 13.2 Å². The van der Waals surface area contributed by atoms with Crippen molar-refractivity contribution < 1.29 is 9.13 Å². The normalized spacial score (nSPS) is 43.9. The fourth-order valence-corrected chi connectivity index (χ4v) is 3.26. The first kappa shape index (κ1) is 8.72. The van der Waals surface area contributed by atoms with Crippen LogP contribution >= 0.6 is 0 Å². The molecule has 4 unspecified atom stereocenters. The maximum absolute atomic E-state index is 14.6. The van der Waals surface area contributed by atoms with Gasteiger partial charge in [0.05, 0.1) is 12.9 Å². The minimum absolute atomic E-state index is 0.190. The highest BCUT2D eigenvalue weighted by Crippen LogP contribution is 2.51. The van der Waals surface area contributed by atoms with E-state index < -0.39 is 5.67 Å².